The molecule has 4 heteroatoms. The van der Waals surface area contributed by atoms with Crippen molar-refractivity contribution in [1.82, 2.24) is 4.90 Å². The van der Waals surface area contributed by atoms with E-state index in [1.165, 1.54) is 24.9 Å². The van der Waals surface area contributed by atoms with Gasteiger partial charge in [-0.2, -0.15) is 0 Å². The predicted octanol–water partition coefficient (Wildman–Crippen LogP) is 4.86. The molecule has 0 radical (unpaired) electrons. The van der Waals surface area contributed by atoms with Gasteiger partial charge in [0.2, 0.25) is 0 Å². The number of hydrogen-bond donors (Lipinski definition) is 2. The Morgan fingerprint density at radius 3 is 2.57 bits per heavy atom. The van der Waals surface area contributed by atoms with E-state index in [9.17, 15) is 10.2 Å². The van der Waals surface area contributed by atoms with Crippen LogP contribution in [0.1, 0.15) is 70.4 Å². The zero-order valence-electron chi connectivity index (χ0n) is 18.2. The van der Waals surface area contributed by atoms with Crippen molar-refractivity contribution in [2.75, 3.05) is 26.8 Å². The largest absolute Gasteiger partial charge is 0.504 e. The van der Waals surface area contributed by atoms with Gasteiger partial charge in [-0.1, -0.05) is 19.9 Å². The van der Waals surface area contributed by atoms with Gasteiger partial charge < -0.3 is 19.8 Å². The maximum atomic E-state index is 11.0. The van der Waals surface area contributed by atoms with Crippen molar-refractivity contribution < 1.29 is 14.9 Å². The fourth-order valence-electron chi connectivity index (χ4n) is 5.70. The maximum Gasteiger partial charge on any atom is 0.161 e. The number of rotatable bonds is 9. The van der Waals surface area contributed by atoms with Crippen LogP contribution in [0.25, 0.3) is 0 Å². The molecule has 158 valence electrons. The van der Waals surface area contributed by atoms with Gasteiger partial charge in [-0.3, -0.25) is 0 Å². The highest BCUT2D eigenvalue weighted by molar-refractivity contribution is 5.53. The van der Waals surface area contributed by atoms with Crippen LogP contribution in [0, 0.1) is 11.8 Å². The average Bonchev–Trinajstić information content (AvgIpc) is 3.51. The summed E-state index contributed by atoms with van der Waals surface area (Å²) in [5.41, 5.74) is 2.09. The minimum absolute atomic E-state index is 0.0173. The first-order chi connectivity index (χ1) is 13.5. The van der Waals surface area contributed by atoms with E-state index in [0.29, 0.717) is 12.0 Å². The van der Waals surface area contributed by atoms with Crippen LogP contribution in [0.3, 0.4) is 0 Å². The van der Waals surface area contributed by atoms with Crippen LogP contribution in [-0.4, -0.2) is 48.0 Å². The molecule has 1 saturated heterocycles. The van der Waals surface area contributed by atoms with Gasteiger partial charge in [0.15, 0.2) is 11.5 Å². The topological polar surface area (TPSA) is 52.9 Å². The number of phenolic OH excluding ortho intramolecular Hbond substituents is 2. The number of hydrogen-bond acceptors (Lipinski definition) is 4. The SMILES string of the molecule is CCc1ccc(O)c(O)c1C1(CC)CCN(CC2CC2)C(C)C1CCCOC. The summed E-state index contributed by atoms with van der Waals surface area (Å²) in [6.45, 7) is 9.85. The number of methoxy groups -OCH3 is 1. The number of aryl methyl sites for hydroxylation is 1. The number of phenols is 2. The Hall–Kier alpha value is -1.26. The molecule has 2 aliphatic rings. The van der Waals surface area contributed by atoms with E-state index < -0.39 is 0 Å². The van der Waals surface area contributed by atoms with E-state index in [0.717, 1.165) is 56.7 Å². The molecule has 28 heavy (non-hydrogen) atoms. The number of benzene rings is 1. The lowest BCUT2D eigenvalue weighted by molar-refractivity contribution is 0.0185. The Kier molecular flexibility index (Phi) is 6.93. The molecule has 0 aromatic heterocycles. The Morgan fingerprint density at radius 2 is 1.96 bits per heavy atom. The molecule has 1 aliphatic heterocycles. The van der Waals surface area contributed by atoms with Crippen molar-refractivity contribution in [3.63, 3.8) is 0 Å². The molecular weight excluding hydrogens is 350 g/mol. The summed E-state index contributed by atoms with van der Waals surface area (Å²) < 4.78 is 5.36. The van der Waals surface area contributed by atoms with Gasteiger partial charge in [0.25, 0.3) is 0 Å². The van der Waals surface area contributed by atoms with E-state index >= 15 is 0 Å². The van der Waals surface area contributed by atoms with Gasteiger partial charge in [-0.05, 0) is 81.9 Å². The smallest absolute Gasteiger partial charge is 0.161 e. The van der Waals surface area contributed by atoms with Crippen LogP contribution in [-0.2, 0) is 16.6 Å². The zero-order valence-corrected chi connectivity index (χ0v) is 18.2. The van der Waals surface area contributed by atoms with Gasteiger partial charge in [0.05, 0.1) is 0 Å². The van der Waals surface area contributed by atoms with Crippen molar-refractivity contribution >= 4 is 0 Å². The van der Waals surface area contributed by atoms with E-state index in [1.54, 1.807) is 13.2 Å². The van der Waals surface area contributed by atoms with Crippen LogP contribution in [0.4, 0.5) is 0 Å². The van der Waals surface area contributed by atoms with Crippen molar-refractivity contribution in [3.05, 3.63) is 23.3 Å². The van der Waals surface area contributed by atoms with Crippen molar-refractivity contribution in [1.29, 1.82) is 0 Å². The highest BCUT2D eigenvalue weighted by Gasteiger charge is 2.49. The summed E-state index contributed by atoms with van der Waals surface area (Å²) in [5, 5.41) is 21.3. The molecule has 2 fully saturated rings. The summed E-state index contributed by atoms with van der Waals surface area (Å²) in [6, 6.07) is 4.12. The van der Waals surface area contributed by atoms with E-state index in [2.05, 4.69) is 25.7 Å². The minimum Gasteiger partial charge on any atom is -0.504 e. The highest BCUT2D eigenvalue weighted by Crippen LogP contribution is 2.53. The highest BCUT2D eigenvalue weighted by atomic mass is 16.5. The van der Waals surface area contributed by atoms with Gasteiger partial charge in [-0.25, -0.2) is 0 Å². The monoisotopic (exact) mass is 389 g/mol. The van der Waals surface area contributed by atoms with Gasteiger partial charge in [-0.15, -0.1) is 0 Å². The number of nitrogens with zero attached hydrogens (tertiary/aromatic N) is 1. The molecule has 1 aromatic carbocycles. The normalized spacial score (nSPS) is 28.6. The van der Waals surface area contributed by atoms with E-state index in [4.69, 9.17) is 4.74 Å². The molecule has 3 atom stereocenters. The summed E-state index contributed by atoms with van der Waals surface area (Å²) in [4.78, 5) is 2.69. The van der Waals surface area contributed by atoms with Crippen LogP contribution in [0.2, 0.25) is 0 Å². The summed E-state index contributed by atoms with van der Waals surface area (Å²) in [7, 11) is 1.77. The molecule has 4 nitrogen and oxygen atoms in total. The second-order valence-electron chi connectivity index (χ2n) is 9.00. The third-order valence-electron chi connectivity index (χ3n) is 7.52. The Balaban J connectivity index is 2.01. The summed E-state index contributed by atoms with van der Waals surface area (Å²) in [5.74, 6) is 1.46. The lowest BCUT2D eigenvalue weighted by atomic mass is 9.59. The first-order valence-corrected chi connectivity index (χ1v) is 11.3. The van der Waals surface area contributed by atoms with Gasteiger partial charge in [0, 0.05) is 37.3 Å². The molecule has 3 rings (SSSR count). The lowest BCUT2D eigenvalue weighted by Gasteiger charge is -2.53. The second kappa shape index (κ2) is 9.04. The third-order valence-corrected chi connectivity index (χ3v) is 7.52. The first-order valence-electron chi connectivity index (χ1n) is 11.3. The number of likely N-dealkylation sites (tertiary alicyclic amines) is 1. The van der Waals surface area contributed by atoms with Crippen LogP contribution >= 0.6 is 0 Å². The minimum atomic E-state index is -0.0959. The predicted molar refractivity (Wildman–Crippen MR) is 114 cm³/mol. The third kappa shape index (κ3) is 4.04. The Morgan fingerprint density at radius 1 is 1.21 bits per heavy atom. The molecule has 2 N–H and O–H groups in total. The van der Waals surface area contributed by atoms with Crippen LogP contribution in [0.5, 0.6) is 11.5 Å². The molecule has 1 saturated carbocycles. The molecule has 3 unspecified atom stereocenters. The molecule has 0 amide bonds. The lowest BCUT2D eigenvalue weighted by Crippen LogP contribution is -2.55. The number of aromatic hydroxyl groups is 2. The van der Waals surface area contributed by atoms with Crippen molar-refractivity contribution in [3.8, 4) is 11.5 Å². The molecule has 1 heterocycles. The van der Waals surface area contributed by atoms with E-state index in [1.807, 2.05) is 6.07 Å². The van der Waals surface area contributed by atoms with Gasteiger partial charge in [0.1, 0.15) is 0 Å². The second-order valence-corrected chi connectivity index (χ2v) is 9.00. The quantitative estimate of drug-likeness (QED) is 0.468. The zero-order chi connectivity index (χ0) is 20.3. The molecule has 1 aromatic rings. The Labute approximate surface area is 170 Å². The molecular formula is C24H39NO3. The van der Waals surface area contributed by atoms with Crippen LogP contribution < -0.4 is 0 Å². The van der Waals surface area contributed by atoms with Crippen molar-refractivity contribution in [2.24, 2.45) is 11.8 Å². The molecule has 0 spiro atoms. The number of piperidine rings is 1. The van der Waals surface area contributed by atoms with Crippen LogP contribution in [0.15, 0.2) is 12.1 Å². The van der Waals surface area contributed by atoms with E-state index in [-0.39, 0.29) is 16.9 Å². The Bertz CT molecular complexity index is 657. The summed E-state index contributed by atoms with van der Waals surface area (Å²) in [6.07, 6.45) is 7.77. The standard InChI is InChI=1S/C24H39NO3/c1-5-19-11-12-21(26)23(27)22(19)24(6-2)13-14-25(16-18-9-10-18)17(3)20(24)8-7-15-28-4/h11-12,17-18,20,26-27H,5-10,13-16H2,1-4H3. The first kappa shape index (κ1) is 21.4. The van der Waals surface area contributed by atoms with Gasteiger partial charge >= 0.3 is 0 Å². The molecule has 1 aliphatic carbocycles. The molecule has 0 bridgehead atoms. The average molecular weight is 390 g/mol. The fraction of sp³-hybridized carbons (Fsp3) is 0.750. The fourth-order valence-corrected chi connectivity index (χ4v) is 5.70. The summed E-state index contributed by atoms with van der Waals surface area (Å²) >= 11 is 0. The maximum absolute atomic E-state index is 11.0. The van der Waals surface area contributed by atoms with Crippen molar-refractivity contribution in [2.45, 2.75) is 77.2 Å². The number of ether oxygens (including phenoxy) is 1.